The molecule has 1 spiro atoms. The number of nitrogens with zero attached hydrogens (tertiary/aromatic N) is 1. The highest BCUT2D eigenvalue weighted by Crippen LogP contribution is 2.80. The van der Waals surface area contributed by atoms with Crippen LogP contribution in [0.1, 0.15) is 112 Å². The third kappa shape index (κ3) is 2.78. The third-order valence-corrected chi connectivity index (χ3v) is 14.5. The summed E-state index contributed by atoms with van der Waals surface area (Å²) < 4.78 is 12.2. The largest absolute Gasteiger partial charge is 0.462 e. The zero-order chi connectivity index (χ0) is 27.0. The van der Waals surface area contributed by atoms with Crippen LogP contribution in [0.3, 0.4) is 0 Å². The predicted molar refractivity (Wildman–Crippen MR) is 144 cm³/mol. The molecule has 38 heavy (non-hydrogen) atoms. The van der Waals surface area contributed by atoms with Gasteiger partial charge in [0.15, 0.2) is 6.29 Å². The molecule has 0 aromatic heterocycles. The van der Waals surface area contributed by atoms with E-state index in [1.165, 1.54) is 51.9 Å². The molecule has 0 aromatic rings. The number of hydrogen-bond donors (Lipinski definition) is 2. The third-order valence-electron chi connectivity index (χ3n) is 14.5. The number of hydrogen-bond acceptors (Lipinski definition) is 6. The van der Waals surface area contributed by atoms with Crippen LogP contribution in [0.4, 0.5) is 0 Å². The Morgan fingerprint density at radius 1 is 1.05 bits per heavy atom. The molecule has 4 aliphatic heterocycles. The molecule has 7 fully saturated rings. The minimum Gasteiger partial charge on any atom is -0.462 e. The van der Waals surface area contributed by atoms with Crippen LogP contribution >= 0.6 is 0 Å². The quantitative estimate of drug-likeness (QED) is 0.474. The molecule has 7 bridgehead atoms. The lowest BCUT2D eigenvalue weighted by Crippen LogP contribution is -2.72. The fourth-order valence-corrected chi connectivity index (χ4v) is 13.1. The number of aliphatic hydroxyl groups is 2. The first-order chi connectivity index (χ1) is 17.9. The molecule has 4 heterocycles. The Bertz CT molecular complexity index is 1020. The van der Waals surface area contributed by atoms with Gasteiger partial charge >= 0.3 is 5.97 Å². The first-order valence-electron chi connectivity index (χ1n) is 15.9. The topological polar surface area (TPSA) is 79.2 Å². The lowest BCUT2D eigenvalue weighted by Gasteiger charge is -2.68. The Morgan fingerprint density at radius 3 is 2.53 bits per heavy atom. The number of carbonyl (C=O) groups excluding carboxylic acids is 1. The second-order valence-corrected chi connectivity index (χ2v) is 15.7. The summed E-state index contributed by atoms with van der Waals surface area (Å²) in [5.41, 5.74) is -0.500. The summed E-state index contributed by atoms with van der Waals surface area (Å²) in [7, 11) is 0. The van der Waals surface area contributed by atoms with E-state index in [-0.39, 0.29) is 40.6 Å². The summed E-state index contributed by atoms with van der Waals surface area (Å²) in [4.78, 5) is 14.8. The van der Waals surface area contributed by atoms with Gasteiger partial charge in [-0.15, -0.1) is 0 Å². The van der Waals surface area contributed by atoms with E-state index in [9.17, 15) is 15.0 Å². The smallest absolute Gasteiger partial charge is 0.302 e. The highest BCUT2D eigenvalue weighted by Gasteiger charge is 2.82. The van der Waals surface area contributed by atoms with Gasteiger partial charge in [0, 0.05) is 30.3 Å². The van der Waals surface area contributed by atoms with Gasteiger partial charge in [-0.05, 0) is 99.7 Å². The number of rotatable bonds is 5. The summed E-state index contributed by atoms with van der Waals surface area (Å²) in [6.45, 7) is 13.2. The van der Waals surface area contributed by atoms with Crippen molar-refractivity contribution in [2.24, 2.45) is 45.8 Å². The van der Waals surface area contributed by atoms with Crippen molar-refractivity contribution in [1.82, 2.24) is 4.90 Å². The van der Waals surface area contributed by atoms with Gasteiger partial charge in [0.2, 0.25) is 0 Å². The van der Waals surface area contributed by atoms with Gasteiger partial charge in [-0.3, -0.25) is 9.69 Å². The van der Waals surface area contributed by atoms with Crippen molar-refractivity contribution >= 4 is 5.97 Å². The average Bonchev–Trinajstić information content (AvgIpc) is 3.36. The van der Waals surface area contributed by atoms with E-state index in [1.54, 1.807) is 0 Å². The maximum atomic E-state index is 12.1. The molecule has 7 aliphatic rings. The molecule has 3 saturated carbocycles. The standard InChI is InChI=1S/C32H51NO5/c1-18(2)20-9-14-28(4)21-10-16-31-13-7-8-23(31)32(28,25(20)33(31)26(21)35)17-11-22-29(5)15-12-24(37-19(3)34)30(22,6)27(36)38-29/h18,20-27,35-36H,7-17H2,1-6H3/t20-,21-,22+,23-,24?,25-,26+,27?,28+,29-,30+,31-,32+/m1/s1. The number of ether oxygens (including phenoxy) is 2. The normalized spacial score (nSPS) is 59.9. The van der Waals surface area contributed by atoms with Gasteiger partial charge < -0.3 is 19.7 Å². The van der Waals surface area contributed by atoms with Crippen LogP contribution in [-0.4, -0.2) is 56.9 Å². The Labute approximate surface area is 229 Å². The zero-order valence-corrected chi connectivity index (χ0v) is 24.5. The van der Waals surface area contributed by atoms with E-state index in [1.807, 2.05) is 0 Å². The lowest BCUT2D eigenvalue weighted by molar-refractivity contribution is -0.258. The maximum Gasteiger partial charge on any atom is 0.302 e. The van der Waals surface area contributed by atoms with Crippen LogP contribution in [0.2, 0.25) is 0 Å². The van der Waals surface area contributed by atoms with E-state index < -0.39 is 17.3 Å². The first-order valence-corrected chi connectivity index (χ1v) is 15.9. The fourth-order valence-electron chi connectivity index (χ4n) is 13.1. The van der Waals surface area contributed by atoms with Crippen molar-refractivity contribution in [1.29, 1.82) is 0 Å². The molecule has 4 saturated heterocycles. The monoisotopic (exact) mass is 529 g/mol. The van der Waals surface area contributed by atoms with E-state index in [0.717, 1.165) is 25.7 Å². The molecule has 6 nitrogen and oxygen atoms in total. The molecule has 7 rings (SSSR count). The number of fused-ring (bicyclic) bond motifs is 4. The highest BCUT2D eigenvalue weighted by atomic mass is 16.6. The van der Waals surface area contributed by atoms with Gasteiger partial charge in [0.1, 0.15) is 12.3 Å². The van der Waals surface area contributed by atoms with Gasteiger partial charge in [-0.1, -0.05) is 34.1 Å². The van der Waals surface area contributed by atoms with Gasteiger partial charge in [0.25, 0.3) is 0 Å². The molecule has 2 N–H and O–H groups in total. The van der Waals surface area contributed by atoms with Crippen LogP contribution in [0.15, 0.2) is 0 Å². The van der Waals surface area contributed by atoms with E-state index >= 15 is 0 Å². The average molecular weight is 530 g/mol. The molecule has 0 aromatic carbocycles. The molecule has 0 amide bonds. The van der Waals surface area contributed by atoms with Crippen molar-refractivity contribution < 1.29 is 24.5 Å². The second kappa shape index (κ2) is 7.98. The maximum absolute atomic E-state index is 12.1. The first kappa shape index (κ1) is 26.2. The van der Waals surface area contributed by atoms with Gasteiger partial charge in [-0.25, -0.2) is 0 Å². The Kier molecular flexibility index (Phi) is 5.51. The molecule has 0 radical (unpaired) electrons. The Balaban J connectivity index is 1.32. The summed E-state index contributed by atoms with van der Waals surface area (Å²) in [5, 5.41) is 23.3. The minimum absolute atomic E-state index is 0.134. The van der Waals surface area contributed by atoms with Crippen LogP contribution in [0.5, 0.6) is 0 Å². The van der Waals surface area contributed by atoms with Crippen molar-refractivity contribution in [3.63, 3.8) is 0 Å². The van der Waals surface area contributed by atoms with Crippen molar-refractivity contribution in [2.75, 3.05) is 0 Å². The predicted octanol–water partition coefficient (Wildman–Crippen LogP) is 5.25. The Hall–Kier alpha value is -0.690. The van der Waals surface area contributed by atoms with Crippen LogP contribution in [-0.2, 0) is 14.3 Å². The van der Waals surface area contributed by atoms with E-state index in [2.05, 4.69) is 39.5 Å². The SMILES string of the molecule is CC(=O)OC1CC[C@@]2(C)OC(O)[C@@]1(C)[C@H]2CC[C@]12[C@@H]3CCC[C@@]34CC[C@@H]3[C@H](O)N4[C@@H]1[C@@H](C(C)C)CC[C@@]32C. The summed E-state index contributed by atoms with van der Waals surface area (Å²) in [6, 6.07) is 0.440. The lowest BCUT2D eigenvalue weighted by atomic mass is 9.41. The number of piperidine rings is 2. The fraction of sp³-hybridized carbons (Fsp3) is 0.969. The molecule has 3 aliphatic carbocycles. The van der Waals surface area contributed by atoms with Crippen molar-refractivity contribution in [3.8, 4) is 0 Å². The number of aliphatic hydroxyl groups excluding tert-OH is 2. The minimum atomic E-state index is -0.914. The molecule has 6 heteroatoms. The van der Waals surface area contributed by atoms with E-state index in [0.29, 0.717) is 29.7 Å². The van der Waals surface area contributed by atoms with Crippen molar-refractivity contribution in [2.45, 2.75) is 148 Å². The summed E-state index contributed by atoms with van der Waals surface area (Å²) in [5.74, 6) is 2.08. The number of carbonyl (C=O) groups is 1. The molecule has 14 atom stereocenters. The van der Waals surface area contributed by atoms with E-state index in [4.69, 9.17) is 9.47 Å². The van der Waals surface area contributed by atoms with Crippen LogP contribution in [0, 0.1) is 45.8 Å². The van der Waals surface area contributed by atoms with Gasteiger partial charge in [-0.2, -0.15) is 0 Å². The molecular formula is C32H51NO5. The Morgan fingerprint density at radius 2 is 1.82 bits per heavy atom. The summed E-state index contributed by atoms with van der Waals surface area (Å²) in [6.07, 6.45) is 10.9. The molecule has 3 unspecified atom stereocenters. The summed E-state index contributed by atoms with van der Waals surface area (Å²) >= 11 is 0. The highest BCUT2D eigenvalue weighted by molar-refractivity contribution is 5.66. The molecular weight excluding hydrogens is 478 g/mol. The van der Waals surface area contributed by atoms with Gasteiger partial charge in [0.05, 0.1) is 11.0 Å². The second-order valence-electron chi connectivity index (χ2n) is 15.7. The molecule has 214 valence electrons. The van der Waals surface area contributed by atoms with Crippen LogP contribution < -0.4 is 0 Å². The van der Waals surface area contributed by atoms with Crippen LogP contribution in [0.25, 0.3) is 0 Å². The zero-order valence-electron chi connectivity index (χ0n) is 24.5. The van der Waals surface area contributed by atoms with Crippen molar-refractivity contribution in [3.05, 3.63) is 0 Å². The number of esters is 1.